The molecule has 0 saturated carbocycles. The molecule has 7 rings (SSSR count). The summed E-state index contributed by atoms with van der Waals surface area (Å²) in [4.78, 5) is 9.61. The summed E-state index contributed by atoms with van der Waals surface area (Å²) in [5.41, 5.74) is 9.51. The van der Waals surface area contributed by atoms with Gasteiger partial charge in [-0.3, -0.25) is 4.40 Å². The van der Waals surface area contributed by atoms with Crippen molar-refractivity contribution in [2.75, 3.05) is 0 Å². The van der Waals surface area contributed by atoms with Crippen LogP contribution in [0.25, 0.3) is 49.6 Å². The van der Waals surface area contributed by atoms with E-state index in [2.05, 4.69) is 70.0 Å². The molecule has 3 aromatic heterocycles. The zero-order valence-corrected chi connectivity index (χ0v) is 15.1. The molecule has 3 heteroatoms. The third-order valence-corrected chi connectivity index (χ3v) is 6.03. The van der Waals surface area contributed by atoms with E-state index >= 15 is 0 Å². The van der Waals surface area contributed by atoms with Crippen LogP contribution in [0.2, 0.25) is 0 Å². The van der Waals surface area contributed by atoms with Crippen molar-refractivity contribution in [2.45, 2.75) is 6.42 Å². The van der Waals surface area contributed by atoms with Crippen molar-refractivity contribution < 1.29 is 0 Å². The van der Waals surface area contributed by atoms with E-state index in [0.717, 1.165) is 28.7 Å². The van der Waals surface area contributed by atoms with Gasteiger partial charge in [0, 0.05) is 22.4 Å². The molecule has 0 aliphatic heterocycles. The minimum atomic E-state index is 0.913. The van der Waals surface area contributed by atoms with Gasteiger partial charge < -0.3 is 0 Å². The Morgan fingerprint density at radius 3 is 2.61 bits per heavy atom. The van der Waals surface area contributed by atoms with Gasteiger partial charge in [0.1, 0.15) is 11.2 Å². The summed E-state index contributed by atoms with van der Waals surface area (Å²) in [6.07, 6.45) is 2.84. The molecule has 28 heavy (non-hydrogen) atoms. The van der Waals surface area contributed by atoms with Crippen molar-refractivity contribution >= 4 is 38.5 Å². The number of benzene rings is 3. The van der Waals surface area contributed by atoms with E-state index in [1.807, 2.05) is 18.3 Å². The van der Waals surface area contributed by atoms with E-state index in [9.17, 15) is 0 Å². The van der Waals surface area contributed by atoms with Crippen LogP contribution >= 0.6 is 0 Å². The van der Waals surface area contributed by atoms with Crippen LogP contribution in [0.5, 0.6) is 0 Å². The topological polar surface area (TPSA) is 30.2 Å². The van der Waals surface area contributed by atoms with Gasteiger partial charge >= 0.3 is 0 Å². The maximum Gasteiger partial charge on any atom is 0.164 e. The van der Waals surface area contributed by atoms with Gasteiger partial charge in [0.25, 0.3) is 0 Å². The molecule has 0 radical (unpaired) electrons. The van der Waals surface area contributed by atoms with E-state index in [0.29, 0.717) is 0 Å². The summed E-state index contributed by atoms with van der Waals surface area (Å²) >= 11 is 0. The quantitative estimate of drug-likeness (QED) is 0.323. The van der Waals surface area contributed by atoms with Gasteiger partial charge in [0.2, 0.25) is 0 Å². The molecule has 0 amide bonds. The number of rotatable bonds is 0. The number of hydrogen-bond donors (Lipinski definition) is 0. The minimum Gasteiger partial charge on any atom is -0.276 e. The highest BCUT2D eigenvalue weighted by Crippen LogP contribution is 2.45. The lowest BCUT2D eigenvalue weighted by molar-refractivity contribution is 1.25. The summed E-state index contributed by atoms with van der Waals surface area (Å²) < 4.78 is 2.21. The van der Waals surface area contributed by atoms with Crippen molar-refractivity contribution in [2.24, 2.45) is 0 Å². The number of fused-ring (bicyclic) bond motifs is 12. The molecule has 3 aromatic carbocycles. The molecular formula is C25H15N3. The molecule has 130 valence electrons. The second kappa shape index (κ2) is 4.96. The summed E-state index contributed by atoms with van der Waals surface area (Å²) in [5, 5.41) is 3.75. The summed E-state index contributed by atoms with van der Waals surface area (Å²) in [5.74, 6) is 0. The van der Waals surface area contributed by atoms with Crippen LogP contribution in [-0.2, 0) is 6.42 Å². The molecule has 0 saturated heterocycles. The second-order valence-electron chi connectivity index (χ2n) is 7.49. The van der Waals surface area contributed by atoms with Crippen LogP contribution < -0.4 is 0 Å². The number of imidazole rings is 1. The number of hydrogen-bond acceptors (Lipinski definition) is 2. The van der Waals surface area contributed by atoms with Gasteiger partial charge in [-0.1, -0.05) is 54.6 Å². The van der Waals surface area contributed by atoms with Gasteiger partial charge in [-0.15, -0.1) is 0 Å². The largest absolute Gasteiger partial charge is 0.276 e. The van der Waals surface area contributed by atoms with Crippen LogP contribution in [0.3, 0.4) is 0 Å². The van der Waals surface area contributed by atoms with Crippen molar-refractivity contribution in [1.82, 2.24) is 14.4 Å². The fourth-order valence-electron chi connectivity index (χ4n) is 4.89. The zero-order chi connectivity index (χ0) is 18.2. The molecule has 0 bridgehead atoms. The minimum absolute atomic E-state index is 0.913. The smallest absolute Gasteiger partial charge is 0.164 e. The first-order valence-electron chi connectivity index (χ1n) is 9.58. The van der Waals surface area contributed by atoms with Crippen LogP contribution in [0.15, 0.2) is 79.0 Å². The fraction of sp³-hybridized carbons (Fsp3) is 0.0400. The van der Waals surface area contributed by atoms with Gasteiger partial charge in [0.05, 0.1) is 5.52 Å². The monoisotopic (exact) mass is 357 g/mol. The van der Waals surface area contributed by atoms with Gasteiger partial charge in [-0.05, 0) is 46.9 Å². The number of para-hydroxylation sites is 1. The molecular weight excluding hydrogens is 342 g/mol. The lowest BCUT2D eigenvalue weighted by atomic mass is 9.95. The number of aromatic nitrogens is 3. The van der Waals surface area contributed by atoms with E-state index < -0.39 is 0 Å². The Hall–Kier alpha value is -3.72. The molecule has 0 N–H and O–H groups in total. The van der Waals surface area contributed by atoms with Crippen LogP contribution in [0.1, 0.15) is 11.1 Å². The first-order valence-corrected chi connectivity index (χ1v) is 9.58. The molecule has 1 aliphatic carbocycles. The maximum atomic E-state index is 4.98. The van der Waals surface area contributed by atoms with Crippen molar-refractivity contribution in [1.29, 1.82) is 0 Å². The number of nitrogens with zero attached hydrogens (tertiary/aromatic N) is 3. The molecule has 0 spiro atoms. The third kappa shape index (κ3) is 1.65. The summed E-state index contributed by atoms with van der Waals surface area (Å²) in [6, 6.07) is 25.9. The Labute approximate surface area is 160 Å². The molecule has 0 atom stereocenters. The first-order chi connectivity index (χ1) is 13.9. The van der Waals surface area contributed by atoms with E-state index in [-0.39, 0.29) is 0 Å². The average Bonchev–Trinajstić information content (AvgIpc) is 3.32. The normalized spacial score (nSPS) is 12.9. The Kier molecular flexibility index (Phi) is 2.54. The third-order valence-electron chi connectivity index (χ3n) is 6.03. The Morgan fingerprint density at radius 2 is 1.61 bits per heavy atom. The molecule has 3 nitrogen and oxygen atoms in total. The van der Waals surface area contributed by atoms with Gasteiger partial charge in [0.15, 0.2) is 5.65 Å². The predicted octanol–water partition coefficient (Wildman–Crippen LogP) is 5.76. The fourth-order valence-corrected chi connectivity index (χ4v) is 4.89. The van der Waals surface area contributed by atoms with Crippen molar-refractivity contribution in [3.8, 4) is 11.1 Å². The van der Waals surface area contributed by atoms with E-state index in [1.165, 1.54) is 38.4 Å². The zero-order valence-electron chi connectivity index (χ0n) is 15.1. The Balaban J connectivity index is 1.82. The molecule has 1 aliphatic rings. The Bertz CT molecular complexity index is 1590. The number of pyridine rings is 2. The van der Waals surface area contributed by atoms with Crippen molar-refractivity contribution in [3.05, 3.63) is 90.1 Å². The highest BCUT2D eigenvalue weighted by atomic mass is 15.1. The standard InChI is InChI=1S/C25H15N3/c1-2-7-17-15(6-1)14-16-11-12-19-23(22(16)17)18-8-3-4-10-21(18)28-24(19)27-20-9-5-13-26-25(20)28/h1-13H,14H2. The van der Waals surface area contributed by atoms with Gasteiger partial charge in [-0.25, -0.2) is 9.97 Å². The second-order valence-corrected chi connectivity index (χ2v) is 7.49. The molecule has 6 aromatic rings. The van der Waals surface area contributed by atoms with Crippen molar-refractivity contribution in [3.63, 3.8) is 0 Å². The highest BCUT2D eigenvalue weighted by Gasteiger charge is 2.24. The highest BCUT2D eigenvalue weighted by molar-refractivity contribution is 6.20. The van der Waals surface area contributed by atoms with E-state index in [4.69, 9.17) is 4.98 Å². The molecule has 0 unspecified atom stereocenters. The lowest BCUT2D eigenvalue weighted by Crippen LogP contribution is -1.94. The Morgan fingerprint density at radius 1 is 0.714 bits per heavy atom. The van der Waals surface area contributed by atoms with Gasteiger partial charge in [-0.2, -0.15) is 0 Å². The first kappa shape index (κ1) is 14.4. The summed E-state index contributed by atoms with van der Waals surface area (Å²) in [6.45, 7) is 0. The van der Waals surface area contributed by atoms with E-state index in [1.54, 1.807) is 0 Å². The lowest BCUT2D eigenvalue weighted by Gasteiger charge is -2.13. The van der Waals surface area contributed by atoms with Crippen LogP contribution in [0, 0.1) is 0 Å². The average molecular weight is 357 g/mol. The predicted molar refractivity (Wildman–Crippen MR) is 114 cm³/mol. The summed E-state index contributed by atoms with van der Waals surface area (Å²) in [7, 11) is 0. The van der Waals surface area contributed by atoms with Crippen LogP contribution in [0.4, 0.5) is 0 Å². The maximum absolute atomic E-state index is 4.98. The molecule has 3 heterocycles. The van der Waals surface area contributed by atoms with Crippen LogP contribution in [-0.4, -0.2) is 14.4 Å². The SMILES string of the molecule is c1ccc2c(c1)Cc1ccc3c(c1-2)c1ccccc1n1c2ncccc2nc31. The molecule has 0 fully saturated rings.